The van der Waals surface area contributed by atoms with E-state index in [1.165, 1.54) is 0 Å². The van der Waals surface area contributed by atoms with Gasteiger partial charge in [0.1, 0.15) is 21.7 Å². The summed E-state index contributed by atoms with van der Waals surface area (Å²) >= 11 is 3.41. The summed E-state index contributed by atoms with van der Waals surface area (Å²) in [6.45, 7) is 1.85. The highest BCUT2D eigenvalue weighted by molar-refractivity contribution is 9.10. The number of oxazole rings is 1. The number of benzene rings is 1. The molecule has 0 saturated heterocycles. The van der Waals surface area contributed by atoms with Crippen LogP contribution in [0.2, 0.25) is 0 Å². The molecule has 5 heteroatoms. The lowest BCUT2D eigenvalue weighted by atomic mass is 10.2. The van der Waals surface area contributed by atoms with Gasteiger partial charge in [-0.15, -0.1) is 0 Å². The minimum Gasteiger partial charge on any atom is -0.495 e. The van der Waals surface area contributed by atoms with Crippen LogP contribution in [0.4, 0.5) is 0 Å². The van der Waals surface area contributed by atoms with Crippen LogP contribution in [0.5, 0.6) is 11.5 Å². The molecule has 1 aromatic carbocycles. The van der Waals surface area contributed by atoms with Crippen molar-refractivity contribution in [3.05, 3.63) is 28.6 Å². The number of methoxy groups -OCH3 is 2. The zero-order chi connectivity index (χ0) is 12.4. The van der Waals surface area contributed by atoms with Crippen LogP contribution in [0.25, 0.3) is 11.5 Å². The van der Waals surface area contributed by atoms with Crippen molar-refractivity contribution in [3.8, 4) is 23.0 Å². The highest BCUT2D eigenvalue weighted by Crippen LogP contribution is 2.38. The van der Waals surface area contributed by atoms with Gasteiger partial charge in [0.25, 0.3) is 0 Å². The van der Waals surface area contributed by atoms with Crippen LogP contribution in [-0.2, 0) is 0 Å². The van der Waals surface area contributed by atoms with Gasteiger partial charge in [-0.1, -0.05) is 0 Å². The summed E-state index contributed by atoms with van der Waals surface area (Å²) in [5, 5.41) is 0. The summed E-state index contributed by atoms with van der Waals surface area (Å²) in [4.78, 5) is 4.17. The molecular weight excluding hydrogens is 286 g/mol. The Morgan fingerprint density at radius 1 is 1.18 bits per heavy atom. The summed E-state index contributed by atoms with van der Waals surface area (Å²) in [5.74, 6) is 2.66. The SMILES string of the molecule is COc1cc(-c2ncc(C)o2)cc(OC)c1Br. The van der Waals surface area contributed by atoms with Crippen molar-refractivity contribution < 1.29 is 13.9 Å². The molecule has 0 unspecified atom stereocenters. The van der Waals surface area contributed by atoms with E-state index < -0.39 is 0 Å². The van der Waals surface area contributed by atoms with Gasteiger partial charge in [0.2, 0.25) is 5.89 Å². The third-order valence-corrected chi connectivity index (χ3v) is 3.10. The fourth-order valence-electron chi connectivity index (χ4n) is 1.48. The van der Waals surface area contributed by atoms with E-state index in [9.17, 15) is 0 Å². The predicted octanol–water partition coefficient (Wildman–Crippen LogP) is 3.43. The molecule has 0 aliphatic carbocycles. The molecule has 0 radical (unpaired) electrons. The average molecular weight is 298 g/mol. The smallest absolute Gasteiger partial charge is 0.226 e. The molecule has 0 spiro atoms. The monoisotopic (exact) mass is 297 g/mol. The van der Waals surface area contributed by atoms with Gasteiger partial charge in [-0.3, -0.25) is 0 Å². The van der Waals surface area contributed by atoms with Crippen LogP contribution >= 0.6 is 15.9 Å². The largest absolute Gasteiger partial charge is 0.495 e. The maximum absolute atomic E-state index is 5.47. The Morgan fingerprint density at radius 2 is 1.76 bits per heavy atom. The van der Waals surface area contributed by atoms with Crippen LogP contribution in [0, 0.1) is 6.92 Å². The van der Waals surface area contributed by atoms with Gasteiger partial charge in [0.15, 0.2) is 0 Å². The van der Waals surface area contributed by atoms with Crippen LogP contribution in [0.3, 0.4) is 0 Å². The number of halogens is 1. The molecule has 0 aliphatic rings. The van der Waals surface area contributed by atoms with Crippen LogP contribution in [0.15, 0.2) is 27.2 Å². The Hall–Kier alpha value is -1.49. The third kappa shape index (κ3) is 2.29. The zero-order valence-electron chi connectivity index (χ0n) is 9.78. The van der Waals surface area contributed by atoms with Crippen molar-refractivity contribution in [1.82, 2.24) is 4.98 Å². The first kappa shape index (κ1) is 12.0. The molecule has 2 rings (SSSR count). The van der Waals surface area contributed by atoms with Gasteiger partial charge in [-0.2, -0.15) is 0 Å². The van der Waals surface area contributed by atoms with E-state index in [-0.39, 0.29) is 0 Å². The average Bonchev–Trinajstić information content (AvgIpc) is 2.76. The van der Waals surface area contributed by atoms with E-state index in [4.69, 9.17) is 13.9 Å². The normalized spacial score (nSPS) is 10.4. The van der Waals surface area contributed by atoms with Gasteiger partial charge >= 0.3 is 0 Å². The lowest BCUT2D eigenvalue weighted by molar-refractivity contribution is 0.389. The Kier molecular flexibility index (Phi) is 3.38. The standard InChI is InChI=1S/C12H12BrNO3/c1-7-6-14-12(17-7)8-4-9(15-2)11(13)10(5-8)16-3/h4-6H,1-3H3. The molecule has 90 valence electrons. The molecule has 0 saturated carbocycles. The van der Waals surface area contributed by atoms with E-state index in [0.717, 1.165) is 15.8 Å². The third-order valence-electron chi connectivity index (χ3n) is 2.31. The summed E-state index contributed by atoms with van der Waals surface area (Å²) in [6.07, 6.45) is 1.68. The quantitative estimate of drug-likeness (QED) is 0.871. The number of rotatable bonds is 3. The van der Waals surface area contributed by atoms with Gasteiger partial charge in [-0.05, 0) is 35.0 Å². The number of ether oxygens (including phenoxy) is 2. The van der Waals surface area contributed by atoms with Gasteiger partial charge < -0.3 is 13.9 Å². The zero-order valence-corrected chi connectivity index (χ0v) is 11.4. The van der Waals surface area contributed by atoms with Crippen LogP contribution in [0.1, 0.15) is 5.76 Å². The van der Waals surface area contributed by atoms with Crippen molar-refractivity contribution in [2.24, 2.45) is 0 Å². The fourth-order valence-corrected chi connectivity index (χ4v) is 2.03. The summed E-state index contributed by atoms with van der Waals surface area (Å²) in [6, 6.07) is 3.69. The number of aromatic nitrogens is 1. The Balaban J connectivity index is 2.55. The van der Waals surface area contributed by atoms with E-state index in [0.29, 0.717) is 17.4 Å². The molecule has 1 aromatic heterocycles. The molecule has 0 bridgehead atoms. The molecule has 0 atom stereocenters. The lowest BCUT2D eigenvalue weighted by Gasteiger charge is -2.09. The predicted molar refractivity (Wildman–Crippen MR) is 67.5 cm³/mol. The van der Waals surface area contributed by atoms with Crippen molar-refractivity contribution in [2.75, 3.05) is 14.2 Å². The second-order valence-electron chi connectivity index (χ2n) is 3.47. The van der Waals surface area contributed by atoms with E-state index in [2.05, 4.69) is 20.9 Å². The minimum absolute atomic E-state index is 0.548. The van der Waals surface area contributed by atoms with Gasteiger partial charge in [0, 0.05) is 5.56 Å². The Labute approximate surface area is 108 Å². The number of aryl methyl sites for hydroxylation is 1. The van der Waals surface area contributed by atoms with Gasteiger partial charge in [-0.25, -0.2) is 4.98 Å². The molecule has 0 N–H and O–H groups in total. The molecule has 0 fully saturated rings. The number of nitrogens with zero attached hydrogens (tertiary/aromatic N) is 1. The number of hydrogen-bond donors (Lipinski definition) is 0. The second-order valence-corrected chi connectivity index (χ2v) is 4.26. The van der Waals surface area contributed by atoms with Crippen LogP contribution < -0.4 is 9.47 Å². The first-order valence-electron chi connectivity index (χ1n) is 5.00. The summed E-state index contributed by atoms with van der Waals surface area (Å²) in [5.41, 5.74) is 0.815. The molecule has 0 aliphatic heterocycles. The molecule has 2 aromatic rings. The second kappa shape index (κ2) is 4.79. The maximum atomic E-state index is 5.47. The van der Waals surface area contributed by atoms with Crippen LogP contribution in [-0.4, -0.2) is 19.2 Å². The Bertz CT molecular complexity index is 511. The minimum atomic E-state index is 0.548. The Morgan fingerprint density at radius 3 is 2.18 bits per heavy atom. The topological polar surface area (TPSA) is 44.5 Å². The molecule has 17 heavy (non-hydrogen) atoms. The summed E-state index contributed by atoms with van der Waals surface area (Å²) < 4.78 is 16.8. The summed E-state index contributed by atoms with van der Waals surface area (Å²) in [7, 11) is 3.20. The van der Waals surface area contributed by atoms with E-state index >= 15 is 0 Å². The lowest BCUT2D eigenvalue weighted by Crippen LogP contribution is -1.91. The molecule has 0 amide bonds. The highest BCUT2D eigenvalue weighted by Gasteiger charge is 2.13. The fraction of sp³-hybridized carbons (Fsp3) is 0.250. The molecular formula is C12H12BrNO3. The molecule has 1 heterocycles. The van der Waals surface area contributed by atoms with Crippen molar-refractivity contribution >= 4 is 15.9 Å². The van der Waals surface area contributed by atoms with E-state index in [1.54, 1.807) is 20.4 Å². The first-order chi connectivity index (χ1) is 8.15. The van der Waals surface area contributed by atoms with Gasteiger partial charge in [0.05, 0.1) is 20.4 Å². The van der Waals surface area contributed by atoms with Crippen molar-refractivity contribution in [1.29, 1.82) is 0 Å². The maximum Gasteiger partial charge on any atom is 0.226 e. The highest BCUT2D eigenvalue weighted by atomic mass is 79.9. The van der Waals surface area contributed by atoms with Crippen molar-refractivity contribution in [3.63, 3.8) is 0 Å². The molecule has 4 nitrogen and oxygen atoms in total. The van der Waals surface area contributed by atoms with E-state index in [1.807, 2.05) is 19.1 Å². The first-order valence-corrected chi connectivity index (χ1v) is 5.79. The number of hydrogen-bond acceptors (Lipinski definition) is 4. The van der Waals surface area contributed by atoms with Crippen molar-refractivity contribution in [2.45, 2.75) is 6.92 Å².